The number of ether oxygens (including phenoxy) is 2. The Labute approximate surface area is 283 Å². The van der Waals surface area contributed by atoms with E-state index in [2.05, 4.69) is 25.9 Å². The van der Waals surface area contributed by atoms with Crippen LogP contribution in [0.4, 0.5) is 0 Å². The number of aromatic nitrogens is 4. The van der Waals surface area contributed by atoms with Crippen molar-refractivity contribution in [2.45, 2.75) is 63.4 Å². The molecule has 2 aromatic heterocycles. The van der Waals surface area contributed by atoms with Crippen molar-refractivity contribution in [1.82, 2.24) is 35.9 Å². The monoisotopic (exact) mass is 677 g/mol. The maximum Gasteiger partial charge on any atom is 0.237 e. The molecule has 1 amide bonds. The van der Waals surface area contributed by atoms with E-state index in [1.54, 1.807) is 26.6 Å². The van der Waals surface area contributed by atoms with Crippen LogP contribution in [-0.2, 0) is 17.9 Å². The molecule has 1 saturated carbocycles. The summed E-state index contributed by atoms with van der Waals surface area (Å²) in [7, 11) is 3.12. The third kappa shape index (κ3) is 7.50. The number of halogens is 2. The molecule has 0 bridgehead atoms. The van der Waals surface area contributed by atoms with Crippen LogP contribution < -0.4 is 25.4 Å². The summed E-state index contributed by atoms with van der Waals surface area (Å²) < 4.78 is 11.2. The number of hydrogen-bond acceptors (Lipinski definition) is 10. The zero-order valence-corrected chi connectivity index (χ0v) is 27.7. The molecule has 246 valence electrons. The highest BCUT2D eigenvalue weighted by molar-refractivity contribution is 6.39. The topological polar surface area (TPSA) is 143 Å². The van der Waals surface area contributed by atoms with Crippen LogP contribution in [0.1, 0.15) is 43.5 Å². The second-order valence-electron chi connectivity index (χ2n) is 11.7. The molecule has 0 unspecified atom stereocenters. The summed E-state index contributed by atoms with van der Waals surface area (Å²) in [6, 6.07) is 11.7. The lowest BCUT2D eigenvalue weighted by Gasteiger charge is -2.16. The minimum atomic E-state index is -0.255. The summed E-state index contributed by atoms with van der Waals surface area (Å²) in [5.41, 5.74) is 5.27. The number of nitrogens with one attached hydrogen (secondary N) is 3. The van der Waals surface area contributed by atoms with Gasteiger partial charge in [-0.2, -0.15) is 0 Å². The molecule has 2 aromatic carbocycles. The summed E-state index contributed by atoms with van der Waals surface area (Å²) in [5.74, 6) is 0.879. The highest BCUT2D eigenvalue weighted by Gasteiger charge is 2.24. The van der Waals surface area contributed by atoms with Gasteiger partial charge in [0.1, 0.15) is 11.4 Å². The van der Waals surface area contributed by atoms with Crippen LogP contribution in [0, 0.1) is 0 Å². The molecule has 4 aromatic rings. The smallest absolute Gasteiger partial charge is 0.237 e. The van der Waals surface area contributed by atoms with Gasteiger partial charge >= 0.3 is 0 Å². The zero-order valence-electron chi connectivity index (χ0n) is 26.2. The quantitative estimate of drug-likeness (QED) is 0.162. The fourth-order valence-electron chi connectivity index (χ4n) is 6.08. The van der Waals surface area contributed by atoms with Crippen LogP contribution in [0.3, 0.4) is 0 Å². The molecule has 6 rings (SSSR count). The molecule has 3 heterocycles. The predicted octanol–water partition coefficient (Wildman–Crippen LogP) is 4.96. The molecular weight excluding hydrogens is 641 g/mol. The van der Waals surface area contributed by atoms with Gasteiger partial charge in [-0.15, -0.1) is 0 Å². The SMILES string of the molecule is COc1nc(-c2cccc(-c3cccc(-c4cnc(CN[C@H]5CC[C@H](O)C5)c(OC)n4)c3Cl)c2Cl)cnc1CNC[C@@H]1CCC(=O)N1. The normalized spacial score (nSPS) is 19.2. The van der Waals surface area contributed by atoms with Crippen molar-refractivity contribution in [2.24, 2.45) is 0 Å². The molecule has 4 N–H and O–H groups in total. The number of rotatable bonds is 12. The summed E-state index contributed by atoms with van der Waals surface area (Å²) in [4.78, 5) is 30.2. The molecule has 2 fully saturated rings. The number of amides is 1. The van der Waals surface area contributed by atoms with Crippen LogP contribution in [0.15, 0.2) is 48.8 Å². The lowest BCUT2D eigenvalue weighted by atomic mass is 9.98. The van der Waals surface area contributed by atoms with E-state index in [0.29, 0.717) is 81.8 Å². The molecule has 1 aliphatic carbocycles. The highest BCUT2D eigenvalue weighted by atomic mass is 35.5. The third-order valence-electron chi connectivity index (χ3n) is 8.58. The van der Waals surface area contributed by atoms with Gasteiger partial charge in [-0.3, -0.25) is 14.8 Å². The number of hydrogen-bond donors (Lipinski definition) is 4. The molecule has 2 aliphatic rings. The van der Waals surface area contributed by atoms with E-state index < -0.39 is 0 Å². The number of aliphatic hydroxyl groups is 1. The molecule has 1 aliphatic heterocycles. The van der Waals surface area contributed by atoms with E-state index in [9.17, 15) is 9.90 Å². The maximum atomic E-state index is 11.5. The average molecular weight is 679 g/mol. The van der Waals surface area contributed by atoms with Crippen LogP contribution >= 0.6 is 23.2 Å². The van der Waals surface area contributed by atoms with Crippen molar-refractivity contribution in [3.8, 4) is 45.4 Å². The second-order valence-corrected chi connectivity index (χ2v) is 12.5. The van der Waals surface area contributed by atoms with Gasteiger partial charge in [0.25, 0.3) is 0 Å². The van der Waals surface area contributed by atoms with Gasteiger partial charge in [-0.25, -0.2) is 9.97 Å². The van der Waals surface area contributed by atoms with Crippen molar-refractivity contribution >= 4 is 29.1 Å². The van der Waals surface area contributed by atoms with Crippen molar-refractivity contribution in [2.75, 3.05) is 20.8 Å². The van der Waals surface area contributed by atoms with Gasteiger partial charge in [-0.1, -0.05) is 59.6 Å². The van der Waals surface area contributed by atoms with Crippen molar-refractivity contribution in [3.05, 3.63) is 70.2 Å². The minimum Gasteiger partial charge on any atom is -0.480 e. The van der Waals surface area contributed by atoms with E-state index in [-0.39, 0.29) is 24.1 Å². The Morgan fingerprint density at radius 2 is 1.43 bits per heavy atom. The van der Waals surface area contributed by atoms with E-state index in [0.717, 1.165) is 36.8 Å². The fourth-order valence-corrected chi connectivity index (χ4v) is 6.73. The maximum absolute atomic E-state index is 11.5. The molecule has 11 nitrogen and oxygen atoms in total. The van der Waals surface area contributed by atoms with E-state index >= 15 is 0 Å². The lowest BCUT2D eigenvalue weighted by molar-refractivity contribution is -0.119. The Hall–Kier alpha value is -3.87. The molecule has 13 heteroatoms. The summed E-state index contributed by atoms with van der Waals surface area (Å²) in [5, 5.41) is 20.5. The Morgan fingerprint density at radius 1 is 0.851 bits per heavy atom. The molecule has 0 radical (unpaired) electrons. The van der Waals surface area contributed by atoms with Gasteiger partial charge < -0.3 is 30.5 Å². The molecule has 47 heavy (non-hydrogen) atoms. The van der Waals surface area contributed by atoms with Crippen molar-refractivity contribution in [3.63, 3.8) is 0 Å². The van der Waals surface area contributed by atoms with Crippen LogP contribution in [0.25, 0.3) is 33.6 Å². The number of carbonyl (C=O) groups excluding carboxylic acids is 1. The van der Waals surface area contributed by atoms with Gasteiger partial charge in [0.15, 0.2) is 0 Å². The van der Waals surface area contributed by atoms with Gasteiger partial charge in [0, 0.05) is 60.4 Å². The van der Waals surface area contributed by atoms with E-state index in [1.165, 1.54) is 0 Å². The standard InChI is InChI=1S/C34H37Cl2N7O4/c1-46-33-28(15-37-14-20-10-12-30(45)41-20)39-16-26(42-33)24-7-3-5-22(31(24)35)23-6-4-8-25(32(23)36)27-17-40-29(34(43-27)47-2)18-38-19-9-11-21(44)13-19/h3-8,16-17,19-21,37-38,44H,9-15,18H2,1-2H3,(H,41,45)/t19-,20-,21-/m0/s1. The number of carbonyl (C=O) groups is 1. The van der Waals surface area contributed by atoms with Gasteiger partial charge in [0.05, 0.1) is 54.2 Å². The first-order valence-electron chi connectivity index (χ1n) is 15.6. The Kier molecular flexibility index (Phi) is 10.5. The highest BCUT2D eigenvalue weighted by Crippen LogP contribution is 2.42. The molecular formula is C34H37Cl2N7O4. The number of benzene rings is 2. The second kappa shape index (κ2) is 14.9. The van der Waals surface area contributed by atoms with E-state index in [4.69, 9.17) is 42.6 Å². The van der Waals surface area contributed by atoms with E-state index in [1.807, 2.05) is 36.4 Å². The predicted molar refractivity (Wildman–Crippen MR) is 180 cm³/mol. The number of aliphatic hydroxyl groups excluding tert-OH is 1. The summed E-state index contributed by atoms with van der Waals surface area (Å²) in [6.45, 7) is 1.56. The minimum absolute atomic E-state index is 0.0827. The zero-order chi connectivity index (χ0) is 32.9. The van der Waals surface area contributed by atoms with Crippen LogP contribution in [-0.4, -0.2) is 69.9 Å². The largest absolute Gasteiger partial charge is 0.480 e. The molecule has 0 spiro atoms. The first-order chi connectivity index (χ1) is 22.8. The molecule has 3 atom stereocenters. The Balaban J connectivity index is 1.22. The fraction of sp³-hybridized carbons (Fsp3) is 0.382. The lowest BCUT2D eigenvalue weighted by Crippen LogP contribution is -2.35. The summed E-state index contributed by atoms with van der Waals surface area (Å²) >= 11 is 14.1. The third-order valence-corrected chi connectivity index (χ3v) is 9.39. The first-order valence-corrected chi connectivity index (χ1v) is 16.4. The number of nitrogens with zero attached hydrogens (tertiary/aromatic N) is 4. The van der Waals surface area contributed by atoms with Crippen LogP contribution in [0.5, 0.6) is 11.8 Å². The summed E-state index contributed by atoms with van der Waals surface area (Å²) in [6.07, 6.45) is 6.93. The van der Waals surface area contributed by atoms with Gasteiger partial charge in [-0.05, 0) is 25.7 Å². The van der Waals surface area contributed by atoms with Crippen molar-refractivity contribution < 1.29 is 19.4 Å². The average Bonchev–Trinajstić information content (AvgIpc) is 3.71. The Morgan fingerprint density at radius 3 is 1.94 bits per heavy atom. The van der Waals surface area contributed by atoms with Crippen molar-refractivity contribution in [1.29, 1.82) is 0 Å². The number of methoxy groups -OCH3 is 2. The van der Waals surface area contributed by atoms with Gasteiger partial charge in [0.2, 0.25) is 17.7 Å². The van der Waals surface area contributed by atoms with Crippen LogP contribution in [0.2, 0.25) is 10.0 Å². The first kappa shape index (κ1) is 33.0. The molecule has 1 saturated heterocycles. The Bertz CT molecular complexity index is 1760.